The summed E-state index contributed by atoms with van der Waals surface area (Å²) in [7, 11) is 1.76. The van der Waals surface area contributed by atoms with Gasteiger partial charge in [-0.25, -0.2) is 4.79 Å². The van der Waals surface area contributed by atoms with Gasteiger partial charge in [-0.1, -0.05) is 43.7 Å². The lowest BCUT2D eigenvalue weighted by Crippen LogP contribution is -2.36. The highest BCUT2D eigenvalue weighted by Crippen LogP contribution is 2.34. The predicted molar refractivity (Wildman–Crippen MR) is 78.2 cm³/mol. The summed E-state index contributed by atoms with van der Waals surface area (Å²) < 4.78 is 0. The molecule has 1 saturated heterocycles. The van der Waals surface area contributed by atoms with Crippen molar-refractivity contribution in [2.24, 2.45) is 0 Å². The van der Waals surface area contributed by atoms with Crippen molar-refractivity contribution < 1.29 is 9.59 Å². The number of hydrogen-bond donors (Lipinski definition) is 0. The monoisotopic (exact) mass is 274 g/mol. The number of likely N-dealkylation sites (N-methyl/N-ethyl adjacent to an activating group) is 1. The van der Waals surface area contributed by atoms with Gasteiger partial charge in [-0.2, -0.15) is 0 Å². The van der Waals surface area contributed by atoms with E-state index in [-0.39, 0.29) is 24.0 Å². The third-order valence-corrected chi connectivity index (χ3v) is 4.01. The van der Waals surface area contributed by atoms with Gasteiger partial charge < -0.3 is 4.90 Å². The van der Waals surface area contributed by atoms with Gasteiger partial charge in [0.25, 0.3) is 0 Å². The number of imide groups is 1. The highest BCUT2D eigenvalue weighted by Gasteiger charge is 2.45. The number of benzene rings is 1. The molecule has 0 saturated carbocycles. The van der Waals surface area contributed by atoms with Gasteiger partial charge in [0.1, 0.15) is 0 Å². The van der Waals surface area contributed by atoms with Crippen molar-refractivity contribution >= 4 is 11.9 Å². The molecule has 0 N–H and O–H groups in total. The van der Waals surface area contributed by atoms with Crippen molar-refractivity contribution in [2.45, 2.75) is 45.2 Å². The first-order valence-corrected chi connectivity index (χ1v) is 7.21. The normalized spacial score (nSPS) is 22.4. The molecule has 4 heteroatoms. The first kappa shape index (κ1) is 14.6. The molecule has 1 aromatic carbocycles. The fraction of sp³-hybridized carbons (Fsp3) is 0.500. The third kappa shape index (κ3) is 2.55. The fourth-order valence-corrected chi connectivity index (χ4v) is 2.68. The molecule has 0 unspecified atom stereocenters. The van der Waals surface area contributed by atoms with Gasteiger partial charge in [0.15, 0.2) is 0 Å². The zero-order valence-corrected chi connectivity index (χ0v) is 12.4. The summed E-state index contributed by atoms with van der Waals surface area (Å²) in [5, 5.41) is 0. The van der Waals surface area contributed by atoms with Crippen LogP contribution >= 0.6 is 0 Å². The standard InChI is InChI=1S/C16H22N2O2/c1-4-5-11-14(19)18-15(12(2)17(3)16(18)20)13-9-7-6-8-10-13/h6-10,12,15H,4-5,11H2,1-3H3/t12-,15-/m0/s1. The SMILES string of the molecule is CCCCC(=O)N1C(=O)N(C)[C@@H](C)[C@H]1c1ccccc1. The van der Waals surface area contributed by atoms with Gasteiger partial charge >= 0.3 is 6.03 Å². The maximum Gasteiger partial charge on any atom is 0.327 e. The Kier molecular flexibility index (Phi) is 4.42. The van der Waals surface area contributed by atoms with Crippen LogP contribution in [0, 0.1) is 0 Å². The van der Waals surface area contributed by atoms with Crippen LogP contribution in [0.15, 0.2) is 30.3 Å². The molecule has 0 bridgehead atoms. The highest BCUT2D eigenvalue weighted by atomic mass is 16.2. The smallest absolute Gasteiger partial charge is 0.322 e. The van der Waals surface area contributed by atoms with Crippen LogP contribution in [0.4, 0.5) is 4.79 Å². The maximum absolute atomic E-state index is 12.4. The first-order chi connectivity index (χ1) is 9.57. The molecule has 1 aliphatic rings. The number of hydrogen-bond acceptors (Lipinski definition) is 2. The Bertz CT molecular complexity index is 487. The van der Waals surface area contributed by atoms with Gasteiger partial charge in [0, 0.05) is 13.5 Å². The van der Waals surface area contributed by atoms with E-state index < -0.39 is 0 Å². The second-order valence-electron chi connectivity index (χ2n) is 5.36. The minimum atomic E-state index is -0.188. The molecule has 1 heterocycles. The van der Waals surface area contributed by atoms with Gasteiger partial charge in [0.05, 0.1) is 12.1 Å². The molecule has 0 spiro atoms. The van der Waals surface area contributed by atoms with E-state index in [0.29, 0.717) is 6.42 Å². The molecule has 20 heavy (non-hydrogen) atoms. The Morgan fingerprint density at radius 2 is 1.90 bits per heavy atom. The average Bonchev–Trinajstić information content (AvgIpc) is 2.70. The zero-order valence-electron chi connectivity index (χ0n) is 12.4. The van der Waals surface area contributed by atoms with E-state index in [1.807, 2.05) is 44.2 Å². The Labute approximate surface area is 120 Å². The molecular weight excluding hydrogens is 252 g/mol. The van der Waals surface area contributed by atoms with Crippen LogP contribution in [0.1, 0.15) is 44.7 Å². The van der Waals surface area contributed by atoms with Crippen molar-refractivity contribution in [1.29, 1.82) is 0 Å². The van der Waals surface area contributed by atoms with Crippen LogP contribution in [0.25, 0.3) is 0 Å². The van der Waals surface area contributed by atoms with Crippen molar-refractivity contribution in [2.75, 3.05) is 7.05 Å². The van der Waals surface area contributed by atoms with E-state index in [4.69, 9.17) is 0 Å². The number of urea groups is 1. The Balaban J connectivity index is 2.30. The Morgan fingerprint density at radius 1 is 1.25 bits per heavy atom. The number of nitrogens with zero attached hydrogens (tertiary/aromatic N) is 2. The quantitative estimate of drug-likeness (QED) is 0.846. The van der Waals surface area contributed by atoms with Crippen LogP contribution in [0.5, 0.6) is 0 Å². The minimum Gasteiger partial charge on any atom is -0.322 e. The minimum absolute atomic E-state index is 0.00419. The predicted octanol–water partition coefficient (Wildman–Crippen LogP) is 3.20. The molecule has 3 amide bonds. The lowest BCUT2D eigenvalue weighted by molar-refractivity contribution is -0.129. The van der Waals surface area contributed by atoms with Crippen LogP contribution in [0.2, 0.25) is 0 Å². The lowest BCUT2D eigenvalue weighted by Gasteiger charge is -2.24. The van der Waals surface area contributed by atoms with Gasteiger partial charge in [0.2, 0.25) is 5.91 Å². The summed E-state index contributed by atoms with van der Waals surface area (Å²) in [4.78, 5) is 27.8. The molecule has 4 nitrogen and oxygen atoms in total. The van der Waals surface area contributed by atoms with Gasteiger partial charge in [-0.3, -0.25) is 9.69 Å². The molecule has 108 valence electrons. The summed E-state index contributed by atoms with van der Waals surface area (Å²) in [6, 6.07) is 9.42. The topological polar surface area (TPSA) is 40.6 Å². The molecule has 1 fully saturated rings. The van der Waals surface area contributed by atoms with E-state index in [2.05, 4.69) is 0 Å². The van der Waals surface area contributed by atoms with E-state index in [9.17, 15) is 9.59 Å². The number of amides is 3. The Hall–Kier alpha value is -1.84. The molecular formula is C16H22N2O2. The second-order valence-corrected chi connectivity index (χ2v) is 5.36. The van der Waals surface area contributed by atoms with Crippen LogP contribution in [0.3, 0.4) is 0 Å². The highest BCUT2D eigenvalue weighted by molar-refractivity contribution is 5.96. The van der Waals surface area contributed by atoms with Crippen molar-refractivity contribution in [3.63, 3.8) is 0 Å². The average molecular weight is 274 g/mol. The fourth-order valence-electron chi connectivity index (χ4n) is 2.68. The molecule has 2 atom stereocenters. The summed E-state index contributed by atoms with van der Waals surface area (Å²) in [5.41, 5.74) is 1.02. The van der Waals surface area contributed by atoms with Crippen LogP contribution in [-0.4, -0.2) is 34.8 Å². The number of carbonyl (C=O) groups is 2. The van der Waals surface area contributed by atoms with Crippen LogP contribution < -0.4 is 0 Å². The van der Waals surface area contributed by atoms with E-state index in [0.717, 1.165) is 18.4 Å². The number of unbranched alkanes of at least 4 members (excludes halogenated alkanes) is 1. The van der Waals surface area contributed by atoms with E-state index in [1.54, 1.807) is 11.9 Å². The zero-order chi connectivity index (χ0) is 14.7. The molecule has 2 rings (SSSR count). The van der Waals surface area contributed by atoms with Crippen molar-refractivity contribution in [3.05, 3.63) is 35.9 Å². The van der Waals surface area contributed by atoms with E-state index >= 15 is 0 Å². The summed E-state index contributed by atoms with van der Waals surface area (Å²) in [6.07, 6.45) is 2.21. The molecule has 0 aliphatic carbocycles. The summed E-state index contributed by atoms with van der Waals surface area (Å²) in [5.74, 6) is -0.0677. The summed E-state index contributed by atoms with van der Waals surface area (Å²) >= 11 is 0. The molecule has 0 radical (unpaired) electrons. The molecule has 0 aromatic heterocycles. The van der Waals surface area contributed by atoms with Gasteiger partial charge in [-0.05, 0) is 18.9 Å². The lowest BCUT2D eigenvalue weighted by atomic mass is 10.00. The Morgan fingerprint density at radius 3 is 2.50 bits per heavy atom. The first-order valence-electron chi connectivity index (χ1n) is 7.21. The van der Waals surface area contributed by atoms with E-state index in [1.165, 1.54) is 4.90 Å². The van der Waals surface area contributed by atoms with Crippen molar-refractivity contribution in [3.8, 4) is 0 Å². The maximum atomic E-state index is 12.4. The summed E-state index contributed by atoms with van der Waals surface area (Å²) in [6.45, 7) is 4.03. The van der Waals surface area contributed by atoms with Crippen molar-refractivity contribution in [1.82, 2.24) is 9.80 Å². The number of carbonyl (C=O) groups excluding carboxylic acids is 2. The van der Waals surface area contributed by atoms with Gasteiger partial charge in [-0.15, -0.1) is 0 Å². The molecule has 1 aliphatic heterocycles. The number of rotatable bonds is 4. The second kappa shape index (κ2) is 6.07. The molecule has 1 aromatic rings. The van der Waals surface area contributed by atoms with Crippen LogP contribution in [-0.2, 0) is 4.79 Å². The largest absolute Gasteiger partial charge is 0.327 e. The third-order valence-electron chi connectivity index (χ3n) is 4.01.